The molecule has 0 fully saturated rings. The van der Waals surface area contributed by atoms with E-state index in [4.69, 9.17) is 4.74 Å². The minimum atomic E-state index is -4.71. The molecule has 2 heterocycles. The second-order valence-corrected chi connectivity index (χ2v) is 6.88. The first kappa shape index (κ1) is 19.8. The lowest BCUT2D eigenvalue weighted by Gasteiger charge is -2.29. The number of alkyl halides is 3. The third kappa shape index (κ3) is 3.56. The van der Waals surface area contributed by atoms with Crippen molar-refractivity contribution in [1.82, 2.24) is 10.3 Å². The summed E-state index contributed by atoms with van der Waals surface area (Å²) in [5, 5.41) is 2.78. The molecule has 0 saturated carbocycles. The summed E-state index contributed by atoms with van der Waals surface area (Å²) in [5.41, 5.74) is -0.285. The van der Waals surface area contributed by atoms with E-state index in [9.17, 15) is 22.8 Å². The van der Waals surface area contributed by atoms with Crippen molar-refractivity contribution in [1.29, 1.82) is 0 Å². The number of benzene rings is 2. The fourth-order valence-electron chi connectivity index (χ4n) is 3.42. The molecule has 4 rings (SSSR count). The molecule has 154 valence electrons. The van der Waals surface area contributed by atoms with Crippen LogP contribution in [-0.4, -0.2) is 10.9 Å². The van der Waals surface area contributed by atoms with E-state index in [1.165, 1.54) is 0 Å². The quantitative estimate of drug-likeness (QED) is 0.659. The van der Waals surface area contributed by atoms with Crippen molar-refractivity contribution in [2.45, 2.75) is 25.6 Å². The lowest BCUT2D eigenvalue weighted by atomic mass is 9.92. The molecule has 1 aliphatic rings. The number of amides is 1. The average molecular weight is 414 g/mol. The Morgan fingerprint density at radius 2 is 1.80 bits per heavy atom. The van der Waals surface area contributed by atoms with E-state index in [0.29, 0.717) is 28.7 Å². The number of fused-ring (bicyclic) bond motifs is 2. The predicted molar refractivity (Wildman–Crippen MR) is 104 cm³/mol. The molecule has 1 unspecified atom stereocenters. The van der Waals surface area contributed by atoms with E-state index >= 15 is 0 Å². The number of halogens is 3. The van der Waals surface area contributed by atoms with E-state index < -0.39 is 34.9 Å². The molecule has 2 aromatic carbocycles. The van der Waals surface area contributed by atoms with Crippen LogP contribution in [0, 0.1) is 0 Å². The van der Waals surface area contributed by atoms with Gasteiger partial charge in [0.05, 0.1) is 6.04 Å². The van der Waals surface area contributed by atoms with E-state index in [-0.39, 0.29) is 0 Å². The Bertz CT molecular complexity index is 1180. The van der Waals surface area contributed by atoms with Crippen molar-refractivity contribution >= 4 is 5.91 Å². The Morgan fingerprint density at radius 1 is 1.07 bits per heavy atom. The summed E-state index contributed by atoms with van der Waals surface area (Å²) in [4.78, 5) is 26.7. The van der Waals surface area contributed by atoms with E-state index in [2.05, 4.69) is 5.32 Å². The summed E-state index contributed by atoms with van der Waals surface area (Å²) in [6.45, 7) is 1.99. The highest BCUT2D eigenvalue weighted by Gasteiger charge is 2.33. The second kappa shape index (κ2) is 7.37. The number of hydrogen-bond acceptors (Lipinski definition) is 3. The number of ether oxygens (including phenoxy) is 1. The molecule has 2 N–H and O–H groups in total. The lowest BCUT2D eigenvalue weighted by Crippen LogP contribution is -2.35. The monoisotopic (exact) mass is 414 g/mol. The maximum absolute atomic E-state index is 12.8. The van der Waals surface area contributed by atoms with Crippen LogP contribution in [-0.2, 0) is 12.6 Å². The molecule has 0 aliphatic carbocycles. The van der Waals surface area contributed by atoms with E-state index in [1.807, 2.05) is 25.1 Å². The zero-order chi connectivity index (χ0) is 21.5. The third-order valence-corrected chi connectivity index (χ3v) is 4.98. The SMILES string of the molecule is CCc1ccc2c(c1)C(NC(=O)c1ccc(C(F)(F)F)[nH]c1=O)c1ccccc1O2. The van der Waals surface area contributed by atoms with Gasteiger partial charge in [-0.25, -0.2) is 0 Å². The van der Waals surface area contributed by atoms with Crippen molar-refractivity contribution < 1.29 is 22.7 Å². The number of para-hydroxylation sites is 1. The number of carbonyl (C=O) groups excluding carboxylic acids is 1. The van der Waals surface area contributed by atoms with Crippen LogP contribution in [0.15, 0.2) is 59.4 Å². The molecule has 0 spiro atoms. The van der Waals surface area contributed by atoms with Gasteiger partial charge in [-0.2, -0.15) is 13.2 Å². The predicted octanol–water partition coefficient (Wildman–Crippen LogP) is 4.58. The summed E-state index contributed by atoms with van der Waals surface area (Å²) in [6, 6.07) is 13.7. The molecule has 0 bridgehead atoms. The summed E-state index contributed by atoms with van der Waals surface area (Å²) in [7, 11) is 0. The first-order valence-corrected chi connectivity index (χ1v) is 9.29. The van der Waals surface area contributed by atoms with Crippen LogP contribution in [0.3, 0.4) is 0 Å². The zero-order valence-corrected chi connectivity index (χ0v) is 15.8. The van der Waals surface area contributed by atoms with Crippen LogP contribution >= 0.6 is 0 Å². The highest BCUT2D eigenvalue weighted by molar-refractivity contribution is 5.94. The van der Waals surface area contributed by atoms with Gasteiger partial charge in [0.15, 0.2) is 0 Å². The van der Waals surface area contributed by atoms with Gasteiger partial charge in [0.25, 0.3) is 11.5 Å². The van der Waals surface area contributed by atoms with Crippen LogP contribution in [0.1, 0.15) is 45.7 Å². The van der Waals surface area contributed by atoms with Gasteiger partial charge < -0.3 is 15.0 Å². The zero-order valence-electron chi connectivity index (χ0n) is 15.8. The maximum atomic E-state index is 12.8. The lowest BCUT2D eigenvalue weighted by molar-refractivity contribution is -0.141. The number of aryl methyl sites for hydroxylation is 1. The van der Waals surface area contributed by atoms with Crippen LogP contribution in [0.5, 0.6) is 11.5 Å². The minimum Gasteiger partial charge on any atom is -0.457 e. The molecule has 8 heteroatoms. The maximum Gasteiger partial charge on any atom is 0.431 e. The molecule has 0 radical (unpaired) electrons. The first-order valence-electron chi connectivity index (χ1n) is 9.29. The Hall–Kier alpha value is -3.55. The highest BCUT2D eigenvalue weighted by Crippen LogP contribution is 2.43. The number of aromatic nitrogens is 1. The van der Waals surface area contributed by atoms with Crippen molar-refractivity contribution in [3.05, 3.63) is 92.9 Å². The van der Waals surface area contributed by atoms with Crippen molar-refractivity contribution in [3.8, 4) is 11.5 Å². The van der Waals surface area contributed by atoms with Gasteiger partial charge >= 0.3 is 6.18 Å². The van der Waals surface area contributed by atoms with Gasteiger partial charge in [-0.1, -0.05) is 31.2 Å². The topological polar surface area (TPSA) is 71.2 Å². The number of H-pyrrole nitrogens is 1. The van der Waals surface area contributed by atoms with Crippen molar-refractivity contribution in [3.63, 3.8) is 0 Å². The molecule has 1 atom stereocenters. The van der Waals surface area contributed by atoms with Crippen LogP contribution in [0.4, 0.5) is 13.2 Å². The fraction of sp³-hybridized carbons (Fsp3) is 0.182. The normalized spacial score (nSPS) is 15.0. The van der Waals surface area contributed by atoms with Crippen molar-refractivity contribution in [2.75, 3.05) is 0 Å². The molecule has 5 nitrogen and oxygen atoms in total. The molecule has 30 heavy (non-hydrogen) atoms. The Labute approximate surface area is 169 Å². The Morgan fingerprint density at radius 3 is 2.50 bits per heavy atom. The van der Waals surface area contributed by atoms with Crippen LogP contribution < -0.4 is 15.6 Å². The molecule has 3 aromatic rings. The summed E-state index contributed by atoms with van der Waals surface area (Å²) >= 11 is 0. The van der Waals surface area contributed by atoms with Gasteiger partial charge in [-0.3, -0.25) is 9.59 Å². The Kier molecular flexibility index (Phi) is 4.85. The van der Waals surface area contributed by atoms with E-state index in [1.54, 1.807) is 29.2 Å². The number of pyridine rings is 1. The van der Waals surface area contributed by atoms with Crippen LogP contribution in [0.25, 0.3) is 0 Å². The number of carbonyl (C=O) groups is 1. The van der Waals surface area contributed by atoms with Crippen molar-refractivity contribution in [2.24, 2.45) is 0 Å². The molecule has 1 aliphatic heterocycles. The van der Waals surface area contributed by atoms with Gasteiger partial charge in [0.2, 0.25) is 0 Å². The molecular weight excluding hydrogens is 397 g/mol. The third-order valence-electron chi connectivity index (χ3n) is 4.98. The standard InChI is InChI=1S/C22H17F3N2O3/c1-2-12-7-9-17-15(11-12)19(13-5-3-4-6-16(13)30-17)27-21(29)14-8-10-18(22(23,24)25)26-20(14)28/h3-11,19H,2H2,1H3,(H,26,28)(H,27,29). The Balaban J connectivity index is 1.73. The average Bonchev–Trinajstić information content (AvgIpc) is 2.72. The summed E-state index contributed by atoms with van der Waals surface area (Å²) in [5.74, 6) is 0.345. The molecule has 1 amide bonds. The van der Waals surface area contributed by atoms with Gasteiger partial charge in [-0.15, -0.1) is 0 Å². The van der Waals surface area contributed by atoms with E-state index in [0.717, 1.165) is 18.1 Å². The minimum absolute atomic E-state index is 0.403. The van der Waals surface area contributed by atoms with Gasteiger partial charge in [0.1, 0.15) is 22.8 Å². The molecular formula is C22H17F3N2O3. The number of hydrogen-bond donors (Lipinski definition) is 2. The number of nitrogens with one attached hydrogen (secondary N) is 2. The first-order chi connectivity index (χ1) is 14.3. The second-order valence-electron chi connectivity index (χ2n) is 6.88. The van der Waals surface area contributed by atoms with Crippen LogP contribution in [0.2, 0.25) is 0 Å². The number of aromatic amines is 1. The smallest absolute Gasteiger partial charge is 0.431 e. The summed E-state index contributed by atoms with van der Waals surface area (Å²) < 4.78 is 44.3. The highest BCUT2D eigenvalue weighted by atomic mass is 19.4. The molecule has 0 saturated heterocycles. The largest absolute Gasteiger partial charge is 0.457 e. The van der Waals surface area contributed by atoms with Gasteiger partial charge in [0, 0.05) is 11.1 Å². The molecule has 1 aromatic heterocycles. The van der Waals surface area contributed by atoms with Gasteiger partial charge in [-0.05, 0) is 42.3 Å². The summed E-state index contributed by atoms with van der Waals surface area (Å²) in [6.07, 6.45) is -3.93. The fourth-order valence-corrected chi connectivity index (χ4v) is 3.42. The number of rotatable bonds is 3.